The minimum absolute atomic E-state index is 0.0129. The van der Waals surface area contributed by atoms with Gasteiger partial charge in [0, 0.05) is 0 Å². The van der Waals surface area contributed by atoms with Crippen LogP contribution in [0.5, 0.6) is 5.75 Å². The molecule has 3 nitrogen and oxygen atoms in total. The van der Waals surface area contributed by atoms with Crippen molar-refractivity contribution >= 4 is 9.03 Å². The number of rotatable bonds is 7. The van der Waals surface area contributed by atoms with Gasteiger partial charge in [-0.05, 0) is 63.6 Å². The molecule has 0 aromatic heterocycles. The maximum atomic E-state index is 8.82. The minimum atomic E-state index is -0.0129. The second kappa shape index (κ2) is 26.2. The van der Waals surface area contributed by atoms with Crippen LogP contribution in [0.2, 0.25) is 0 Å². The SMILES string of the molecule is C/C=C\C(=C/C)OPOc1ccccc1.C/C=C\C(O)=C/CC.CC.CC. The van der Waals surface area contributed by atoms with Gasteiger partial charge in [-0.25, -0.2) is 0 Å². The molecule has 0 fully saturated rings. The molecule has 1 unspecified atom stereocenters. The molecule has 0 saturated heterocycles. The van der Waals surface area contributed by atoms with Crippen LogP contribution in [0.3, 0.4) is 0 Å². The molecule has 1 rings (SSSR count). The molecule has 0 radical (unpaired) electrons. The van der Waals surface area contributed by atoms with Gasteiger partial charge in [-0.1, -0.05) is 65.0 Å². The first kappa shape index (κ1) is 29.8. The van der Waals surface area contributed by atoms with Gasteiger partial charge in [0.15, 0.2) is 0 Å². The highest BCUT2D eigenvalue weighted by atomic mass is 31.1. The van der Waals surface area contributed by atoms with E-state index >= 15 is 0 Å². The standard InChI is InChI=1S/C12H15O2P.C7H12O.2C2H6/c1-3-8-11(4-2)13-15-14-12-9-6-5-7-10-12;1-3-5-7(8)6-4-2;2*1-2/h3-10,15H,1-2H3;3,5-6,8H,4H2,1-2H3;2*1-2H3/b8-3-,11-4+;5-3-,7-6+;;. The lowest BCUT2D eigenvalue weighted by atomic mass is 10.3. The molecule has 1 atom stereocenters. The first-order valence-corrected chi connectivity index (χ1v) is 10.4. The third-order valence-corrected chi connectivity index (χ3v) is 3.07. The van der Waals surface area contributed by atoms with Gasteiger partial charge in [0.1, 0.15) is 17.3 Å². The Morgan fingerprint density at radius 1 is 0.963 bits per heavy atom. The normalized spacial score (nSPS) is 11.3. The lowest BCUT2D eigenvalue weighted by molar-refractivity contribution is 0.430. The van der Waals surface area contributed by atoms with Crippen LogP contribution in [-0.4, -0.2) is 5.11 Å². The number of hydrogen-bond acceptors (Lipinski definition) is 3. The Kier molecular flexibility index (Phi) is 28.9. The van der Waals surface area contributed by atoms with Crippen LogP contribution in [0.15, 0.2) is 78.3 Å². The zero-order chi connectivity index (χ0) is 21.3. The number of allylic oxidation sites excluding steroid dienone is 6. The Balaban J connectivity index is -0.000000408. The summed E-state index contributed by atoms with van der Waals surface area (Å²) in [7, 11) is -0.0129. The smallest absolute Gasteiger partial charge is 0.275 e. The van der Waals surface area contributed by atoms with E-state index in [0.717, 1.165) is 17.9 Å². The molecule has 1 aromatic carbocycles. The van der Waals surface area contributed by atoms with Gasteiger partial charge in [-0.15, -0.1) is 0 Å². The van der Waals surface area contributed by atoms with Crippen LogP contribution >= 0.6 is 9.03 Å². The van der Waals surface area contributed by atoms with Crippen LogP contribution in [0.25, 0.3) is 0 Å². The number of aliphatic hydroxyl groups is 1. The molecular formula is C23H39O3P. The zero-order valence-corrected chi connectivity index (χ0v) is 19.3. The van der Waals surface area contributed by atoms with E-state index in [1.807, 2.05) is 110 Å². The van der Waals surface area contributed by atoms with E-state index in [-0.39, 0.29) is 9.03 Å². The van der Waals surface area contributed by atoms with Gasteiger partial charge in [0.2, 0.25) is 0 Å². The molecule has 0 aliphatic rings. The highest BCUT2D eigenvalue weighted by Crippen LogP contribution is 2.24. The van der Waals surface area contributed by atoms with Gasteiger partial charge in [0.25, 0.3) is 9.03 Å². The quantitative estimate of drug-likeness (QED) is 0.286. The molecule has 4 heteroatoms. The summed E-state index contributed by atoms with van der Waals surface area (Å²) in [6.45, 7) is 15.7. The third kappa shape index (κ3) is 22.0. The third-order valence-electron chi connectivity index (χ3n) is 2.43. The highest BCUT2D eigenvalue weighted by molar-refractivity contribution is 7.26. The predicted octanol–water partition coefficient (Wildman–Crippen LogP) is 8.54. The number of hydrogen-bond donors (Lipinski definition) is 1. The molecule has 0 aliphatic heterocycles. The molecule has 0 bridgehead atoms. The zero-order valence-electron chi connectivity index (χ0n) is 18.3. The largest absolute Gasteiger partial charge is 0.508 e. The summed E-state index contributed by atoms with van der Waals surface area (Å²) in [5.41, 5.74) is 0. The Morgan fingerprint density at radius 2 is 1.52 bits per heavy atom. The van der Waals surface area contributed by atoms with Crippen LogP contribution in [0, 0.1) is 0 Å². The van der Waals surface area contributed by atoms with Gasteiger partial charge in [0.05, 0.1) is 0 Å². The molecule has 0 heterocycles. The summed E-state index contributed by atoms with van der Waals surface area (Å²) < 4.78 is 10.8. The van der Waals surface area contributed by atoms with Gasteiger partial charge < -0.3 is 14.2 Å². The fourth-order valence-corrected chi connectivity index (χ4v) is 1.96. The summed E-state index contributed by atoms with van der Waals surface area (Å²) in [4.78, 5) is 0. The van der Waals surface area contributed by atoms with Gasteiger partial charge >= 0.3 is 0 Å². The second-order valence-corrected chi connectivity index (χ2v) is 4.90. The van der Waals surface area contributed by atoms with Crippen molar-refractivity contribution in [1.82, 2.24) is 0 Å². The molecule has 154 valence electrons. The van der Waals surface area contributed by atoms with E-state index in [0.29, 0.717) is 5.76 Å². The summed E-state index contributed by atoms with van der Waals surface area (Å²) in [6.07, 6.45) is 11.9. The molecule has 0 spiro atoms. The Hall–Kier alpha value is -1.99. The lowest BCUT2D eigenvalue weighted by Gasteiger charge is -2.06. The predicted molar refractivity (Wildman–Crippen MR) is 124 cm³/mol. The van der Waals surface area contributed by atoms with E-state index < -0.39 is 0 Å². The Morgan fingerprint density at radius 3 is 1.96 bits per heavy atom. The Bertz CT molecular complexity index is 518. The molecule has 1 aromatic rings. The first-order chi connectivity index (χ1) is 13.2. The second-order valence-electron chi connectivity index (χ2n) is 4.33. The topological polar surface area (TPSA) is 38.7 Å². The fourth-order valence-electron chi connectivity index (χ4n) is 1.41. The summed E-state index contributed by atoms with van der Waals surface area (Å²) in [5, 5.41) is 8.82. The van der Waals surface area contributed by atoms with Crippen molar-refractivity contribution in [3.05, 3.63) is 78.3 Å². The average Bonchev–Trinajstić information content (AvgIpc) is 2.72. The number of benzene rings is 1. The van der Waals surface area contributed by atoms with Crippen LogP contribution in [-0.2, 0) is 4.52 Å². The number of para-hydroxylation sites is 1. The summed E-state index contributed by atoms with van der Waals surface area (Å²) in [6, 6.07) is 9.63. The van der Waals surface area contributed by atoms with Crippen molar-refractivity contribution in [3.63, 3.8) is 0 Å². The minimum Gasteiger partial charge on any atom is -0.508 e. The van der Waals surface area contributed by atoms with E-state index in [1.54, 1.807) is 12.2 Å². The molecule has 0 aliphatic carbocycles. The van der Waals surface area contributed by atoms with Crippen molar-refractivity contribution in [2.75, 3.05) is 0 Å². The number of aliphatic hydroxyl groups excluding tert-OH is 1. The average molecular weight is 395 g/mol. The lowest BCUT2D eigenvalue weighted by Crippen LogP contribution is -1.82. The molecular weight excluding hydrogens is 355 g/mol. The van der Waals surface area contributed by atoms with Gasteiger partial charge in [-0.2, -0.15) is 0 Å². The van der Waals surface area contributed by atoms with Crippen molar-refractivity contribution in [1.29, 1.82) is 0 Å². The van der Waals surface area contributed by atoms with Crippen LogP contribution < -0.4 is 4.52 Å². The van der Waals surface area contributed by atoms with Crippen molar-refractivity contribution in [3.8, 4) is 5.75 Å². The maximum absolute atomic E-state index is 8.82. The van der Waals surface area contributed by atoms with Crippen LogP contribution in [0.1, 0.15) is 61.8 Å². The molecule has 0 saturated carbocycles. The molecule has 1 N–H and O–H groups in total. The van der Waals surface area contributed by atoms with E-state index in [2.05, 4.69) is 0 Å². The molecule has 0 amide bonds. The van der Waals surface area contributed by atoms with Gasteiger partial charge in [-0.3, -0.25) is 0 Å². The van der Waals surface area contributed by atoms with Crippen molar-refractivity contribution < 1.29 is 14.2 Å². The van der Waals surface area contributed by atoms with E-state index in [9.17, 15) is 0 Å². The summed E-state index contributed by atoms with van der Waals surface area (Å²) in [5.74, 6) is 2.01. The fraction of sp³-hybridized carbons (Fsp3) is 0.391. The van der Waals surface area contributed by atoms with Crippen LogP contribution in [0.4, 0.5) is 0 Å². The monoisotopic (exact) mass is 394 g/mol. The van der Waals surface area contributed by atoms with Crippen molar-refractivity contribution in [2.45, 2.75) is 61.8 Å². The van der Waals surface area contributed by atoms with Crippen molar-refractivity contribution in [2.24, 2.45) is 0 Å². The first-order valence-electron chi connectivity index (χ1n) is 9.62. The van der Waals surface area contributed by atoms with E-state index in [4.69, 9.17) is 14.2 Å². The molecule has 27 heavy (non-hydrogen) atoms. The van der Waals surface area contributed by atoms with E-state index in [1.165, 1.54) is 0 Å². The highest BCUT2D eigenvalue weighted by Gasteiger charge is 1.94. The summed E-state index contributed by atoms with van der Waals surface area (Å²) >= 11 is 0. The Labute approximate surface area is 169 Å². The maximum Gasteiger partial charge on any atom is 0.275 e.